The molecule has 3 heteroatoms. The van der Waals surface area contributed by atoms with Crippen LogP contribution in [0.25, 0.3) is 6.08 Å². The van der Waals surface area contributed by atoms with E-state index in [1.165, 1.54) is 6.92 Å². The fourth-order valence-corrected chi connectivity index (χ4v) is 1.44. The Bertz CT molecular complexity index is 385. The van der Waals surface area contributed by atoms with Gasteiger partial charge in [-0.1, -0.05) is 29.8 Å². The molecule has 0 spiro atoms. The van der Waals surface area contributed by atoms with E-state index in [1.807, 2.05) is 37.3 Å². The fraction of sp³-hybridized carbons (Fsp3) is 0.250. The van der Waals surface area contributed by atoms with Gasteiger partial charge in [-0.15, -0.1) is 0 Å². The first-order valence-corrected chi connectivity index (χ1v) is 5.14. The van der Waals surface area contributed by atoms with Crippen LogP contribution in [0.15, 0.2) is 24.3 Å². The van der Waals surface area contributed by atoms with E-state index in [-0.39, 0.29) is 5.91 Å². The fourth-order valence-electron chi connectivity index (χ4n) is 1.21. The third-order valence-corrected chi connectivity index (χ3v) is 2.23. The van der Waals surface area contributed by atoms with Crippen LogP contribution in [-0.2, 0) is 4.79 Å². The van der Waals surface area contributed by atoms with Gasteiger partial charge in [0, 0.05) is 18.5 Å². The summed E-state index contributed by atoms with van der Waals surface area (Å²) in [4.78, 5) is 10.6. The molecule has 1 rings (SSSR count). The molecule has 0 bridgehead atoms. The zero-order chi connectivity index (χ0) is 11.3. The van der Waals surface area contributed by atoms with Gasteiger partial charge in [0.05, 0.1) is 0 Å². The normalized spacial score (nSPS) is 10.6. The summed E-state index contributed by atoms with van der Waals surface area (Å²) >= 11 is 5.84. The van der Waals surface area contributed by atoms with Crippen molar-refractivity contribution in [2.75, 3.05) is 6.54 Å². The average molecular weight is 224 g/mol. The number of benzene rings is 1. The van der Waals surface area contributed by atoms with Crippen LogP contribution in [0.2, 0.25) is 5.02 Å². The molecule has 0 saturated carbocycles. The Morgan fingerprint density at radius 3 is 2.87 bits per heavy atom. The monoisotopic (exact) mass is 223 g/mol. The number of halogens is 1. The highest BCUT2D eigenvalue weighted by Crippen LogP contribution is 2.16. The molecule has 0 atom stereocenters. The molecule has 0 aliphatic rings. The van der Waals surface area contributed by atoms with E-state index in [9.17, 15) is 4.79 Å². The van der Waals surface area contributed by atoms with Gasteiger partial charge in [0.15, 0.2) is 0 Å². The average Bonchev–Trinajstić information content (AvgIpc) is 2.14. The summed E-state index contributed by atoms with van der Waals surface area (Å²) in [6.45, 7) is 4.06. The van der Waals surface area contributed by atoms with Crippen molar-refractivity contribution in [3.05, 3.63) is 40.4 Å². The molecule has 0 aliphatic heterocycles. The van der Waals surface area contributed by atoms with Crippen LogP contribution in [0.5, 0.6) is 0 Å². The minimum absolute atomic E-state index is 0.0209. The zero-order valence-corrected chi connectivity index (χ0v) is 9.64. The molecule has 1 amide bonds. The van der Waals surface area contributed by atoms with Crippen LogP contribution in [0.3, 0.4) is 0 Å². The van der Waals surface area contributed by atoms with Crippen molar-refractivity contribution in [2.45, 2.75) is 13.8 Å². The highest BCUT2D eigenvalue weighted by Gasteiger charge is 1.94. The van der Waals surface area contributed by atoms with Crippen molar-refractivity contribution >= 4 is 23.6 Å². The number of hydrogen-bond acceptors (Lipinski definition) is 1. The van der Waals surface area contributed by atoms with E-state index < -0.39 is 0 Å². The second kappa shape index (κ2) is 5.56. The summed E-state index contributed by atoms with van der Waals surface area (Å²) in [6.07, 6.45) is 3.89. The Labute approximate surface area is 94.9 Å². The van der Waals surface area contributed by atoms with Gasteiger partial charge in [-0.2, -0.15) is 0 Å². The van der Waals surface area contributed by atoms with E-state index >= 15 is 0 Å². The summed E-state index contributed by atoms with van der Waals surface area (Å²) in [5, 5.41) is 3.44. The van der Waals surface area contributed by atoms with Gasteiger partial charge in [-0.25, -0.2) is 0 Å². The molecule has 0 unspecified atom stereocenters. The summed E-state index contributed by atoms with van der Waals surface area (Å²) in [6, 6.07) is 5.73. The zero-order valence-electron chi connectivity index (χ0n) is 8.88. The minimum atomic E-state index is -0.0209. The molecule has 2 nitrogen and oxygen atoms in total. The van der Waals surface area contributed by atoms with Crippen LogP contribution >= 0.6 is 11.6 Å². The molecule has 0 aliphatic carbocycles. The topological polar surface area (TPSA) is 29.1 Å². The lowest BCUT2D eigenvalue weighted by atomic mass is 10.1. The van der Waals surface area contributed by atoms with Gasteiger partial charge >= 0.3 is 0 Å². The first kappa shape index (κ1) is 11.8. The highest BCUT2D eigenvalue weighted by atomic mass is 35.5. The lowest BCUT2D eigenvalue weighted by Crippen LogP contribution is -2.19. The molecular weight excluding hydrogens is 210 g/mol. The maximum atomic E-state index is 10.6. The number of hydrogen-bond donors (Lipinski definition) is 1. The van der Waals surface area contributed by atoms with Gasteiger partial charge in [0.2, 0.25) is 5.91 Å². The Balaban J connectivity index is 2.60. The molecule has 0 radical (unpaired) electrons. The molecule has 1 aromatic rings. The smallest absolute Gasteiger partial charge is 0.217 e. The van der Waals surface area contributed by atoms with Gasteiger partial charge in [-0.3, -0.25) is 4.79 Å². The predicted octanol–water partition coefficient (Wildman–Crippen LogP) is 2.80. The number of nitrogens with one attached hydrogen (secondary N) is 1. The van der Waals surface area contributed by atoms with Crippen molar-refractivity contribution in [3.63, 3.8) is 0 Å². The molecular formula is C12H14ClNO. The SMILES string of the molecule is CC(=O)NCC=Cc1ccc(Cl)cc1C. The summed E-state index contributed by atoms with van der Waals surface area (Å²) in [5.41, 5.74) is 2.24. The minimum Gasteiger partial charge on any atom is -0.353 e. The van der Waals surface area contributed by atoms with Crippen molar-refractivity contribution in [1.29, 1.82) is 0 Å². The first-order valence-electron chi connectivity index (χ1n) is 4.76. The third kappa shape index (κ3) is 4.17. The Kier molecular flexibility index (Phi) is 4.37. The lowest BCUT2D eigenvalue weighted by molar-refractivity contribution is -0.118. The van der Waals surface area contributed by atoms with Crippen LogP contribution in [0, 0.1) is 6.92 Å². The highest BCUT2D eigenvalue weighted by molar-refractivity contribution is 6.30. The molecule has 0 saturated heterocycles. The molecule has 80 valence electrons. The summed E-state index contributed by atoms with van der Waals surface area (Å²) < 4.78 is 0. The Morgan fingerprint density at radius 2 is 2.27 bits per heavy atom. The molecule has 0 aromatic heterocycles. The maximum Gasteiger partial charge on any atom is 0.217 e. The largest absolute Gasteiger partial charge is 0.353 e. The maximum absolute atomic E-state index is 10.6. The Hall–Kier alpha value is -1.28. The van der Waals surface area contributed by atoms with Crippen molar-refractivity contribution < 1.29 is 4.79 Å². The van der Waals surface area contributed by atoms with Crippen molar-refractivity contribution in [3.8, 4) is 0 Å². The predicted molar refractivity (Wildman–Crippen MR) is 63.9 cm³/mol. The van der Waals surface area contributed by atoms with Gasteiger partial charge in [0.25, 0.3) is 0 Å². The molecule has 1 aromatic carbocycles. The molecule has 1 N–H and O–H groups in total. The van der Waals surface area contributed by atoms with Crippen LogP contribution in [0.4, 0.5) is 0 Å². The van der Waals surface area contributed by atoms with E-state index in [1.54, 1.807) is 0 Å². The molecule has 0 heterocycles. The standard InChI is InChI=1S/C12H14ClNO/c1-9-8-12(13)6-5-11(9)4-3-7-14-10(2)15/h3-6,8H,7H2,1-2H3,(H,14,15). The van der Waals surface area contributed by atoms with Crippen LogP contribution < -0.4 is 5.32 Å². The second-order valence-electron chi connectivity index (χ2n) is 3.34. The first-order chi connectivity index (χ1) is 7.09. The number of amides is 1. The van der Waals surface area contributed by atoms with E-state index in [4.69, 9.17) is 11.6 Å². The van der Waals surface area contributed by atoms with Gasteiger partial charge in [-0.05, 0) is 30.2 Å². The van der Waals surface area contributed by atoms with E-state index in [0.29, 0.717) is 6.54 Å². The van der Waals surface area contributed by atoms with E-state index in [0.717, 1.165) is 16.1 Å². The lowest BCUT2D eigenvalue weighted by Gasteiger charge is -2.00. The quantitative estimate of drug-likeness (QED) is 0.839. The van der Waals surface area contributed by atoms with E-state index in [2.05, 4.69) is 5.32 Å². The molecule has 0 fully saturated rings. The molecule has 15 heavy (non-hydrogen) atoms. The number of carbonyl (C=O) groups is 1. The third-order valence-electron chi connectivity index (χ3n) is 2.00. The number of rotatable bonds is 3. The van der Waals surface area contributed by atoms with Crippen LogP contribution in [-0.4, -0.2) is 12.5 Å². The van der Waals surface area contributed by atoms with Crippen molar-refractivity contribution in [1.82, 2.24) is 5.32 Å². The number of aryl methyl sites for hydroxylation is 1. The van der Waals surface area contributed by atoms with Crippen molar-refractivity contribution in [2.24, 2.45) is 0 Å². The van der Waals surface area contributed by atoms with Gasteiger partial charge in [0.1, 0.15) is 0 Å². The Morgan fingerprint density at radius 1 is 1.53 bits per heavy atom. The van der Waals surface area contributed by atoms with Crippen LogP contribution in [0.1, 0.15) is 18.1 Å². The summed E-state index contributed by atoms with van der Waals surface area (Å²) in [7, 11) is 0. The van der Waals surface area contributed by atoms with Gasteiger partial charge < -0.3 is 5.32 Å². The number of carbonyl (C=O) groups excluding carboxylic acids is 1. The summed E-state index contributed by atoms with van der Waals surface area (Å²) in [5.74, 6) is -0.0209. The second-order valence-corrected chi connectivity index (χ2v) is 3.78.